The Morgan fingerprint density at radius 1 is 1.22 bits per heavy atom. The number of anilines is 1. The van der Waals surface area contributed by atoms with E-state index in [-0.39, 0.29) is 10.7 Å². The van der Waals surface area contributed by atoms with Crippen molar-refractivity contribution in [1.29, 1.82) is 0 Å². The van der Waals surface area contributed by atoms with Crippen molar-refractivity contribution >= 4 is 26.8 Å². The minimum atomic E-state index is -3.78. The Hall–Kier alpha value is -2.54. The number of hydrogen-bond donors (Lipinski definition) is 1. The van der Waals surface area contributed by atoms with E-state index in [1.807, 2.05) is 0 Å². The largest absolute Gasteiger partial charge is 0.492 e. The summed E-state index contributed by atoms with van der Waals surface area (Å²) < 4.78 is 38.6. The summed E-state index contributed by atoms with van der Waals surface area (Å²) in [5, 5.41) is 0.736. The third-order valence-corrected chi connectivity index (χ3v) is 5.15. The molecule has 1 aromatic carbocycles. The molecule has 0 aliphatic carbocycles. The molecule has 0 saturated carbocycles. The van der Waals surface area contributed by atoms with Gasteiger partial charge in [-0.25, -0.2) is 13.4 Å². The summed E-state index contributed by atoms with van der Waals surface area (Å²) in [7, 11) is -3.78. The highest BCUT2D eigenvalue weighted by Gasteiger charge is 2.21. The van der Waals surface area contributed by atoms with Crippen LogP contribution in [0, 0.1) is 0 Å². The number of fused-ring (bicyclic) bond motifs is 2. The predicted octanol–water partition coefficient (Wildman–Crippen LogP) is 2.95. The van der Waals surface area contributed by atoms with Crippen molar-refractivity contribution in [2.45, 2.75) is 17.7 Å². The van der Waals surface area contributed by atoms with Crippen molar-refractivity contribution in [1.82, 2.24) is 4.98 Å². The molecule has 0 unspecified atom stereocenters. The van der Waals surface area contributed by atoms with Crippen LogP contribution in [0.15, 0.2) is 52.1 Å². The Morgan fingerprint density at radius 3 is 3.04 bits per heavy atom. The molecule has 1 aliphatic rings. The van der Waals surface area contributed by atoms with Crippen LogP contribution < -0.4 is 9.46 Å². The Kier molecular flexibility index (Phi) is 3.23. The van der Waals surface area contributed by atoms with E-state index < -0.39 is 10.0 Å². The van der Waals surface area contributed by atoms with Crippen LogP contribution in [-0.2, 0) is 16.4 Å². The lowest BCUT2D eigenvalue weighted by Gasteiger charge is -2.17. The van der Waals surface area contributed by atoms with E-state index in [9.17, 15) is 8.42 Å². The molecule has 0 spiro atoms. The van der Waals surface area contributed by atoms with Gasteiger partial charge in [-0.3, -0.25) is 4.72 Å². The number of benzene rings is 1. The van der Waals surface area contributed by atoms with Crippen LogP contribution in [-0.4, -0.2) is 20.0 Å². The number of ether oxygens (including phenoxy) is 1. The highest BCUT2D eigenvalue weighted by Crippen LogP contribution is 2.28. The van der Waals surface area contributed by atoms with Crippen molar-refractivity contribution in [2.75, 3.05) is 11.3 Å². The van der Waals surface area contributed by atoms with Crippen LogP contribution >= 0.6 is 0 Å². The van der Waals surface area contributed by atoms with Crippen LogP contribution in [0.2, 0.25) is 0 Å². The first-order valence-electron chi connectivity index (χ1n) is 7.24. The number of para-hydroxylation sites is 1. The molecule has 3 aromatic rings. The quantitative estimate of drug-likeness (QED) is 0.798. The first-order chi connectivity index (χ1) is 11.1. The zero-order valence-electron chi connectivity index (χ0n) is 12.2. The molecular weight excluding hydrogens is 316 g/mol. The fourth-order valence-corrected chi connectivity index (χ4v) is 3.84. The smallest absolute Gasteiger partial charge is 0.266 e. The normalized spacial score (nSPS) is 14.3. The molecule has 0 amide bonds. The van der Waals surface area contributed by atoms with Gasteiger partial charge < -0.3 is 9.15 Å². The van der Waals surface area contributed by atoms with Crippen LogP contribution in [0.5, 0.6) is 5.75 Å². The minimum absolute atomic E-state index is 0.0933. The zero-order valence-corrected chi connectivity index (χ0v) is 13.0. The van der Waals surface area contributed by atoms with Crippen LogP contribution in [0.3, 0.4) is 0 Å². The first kappa shape index (κ1) is 14.1. The van der Waals surface area contributed by atoms with Gasteiger partial charge in [0, 0.05) is 5.39 Å². The van der Waals surface area contributed by atoms with Gasteiger partial charge in [0.1, 0.15) is 16.5 Å². The van der Waals surface area contributed by atoms with Crippen molar-refractivity contribution in [2.24, 2.45) is 0 Å². The van der Waals surface area contributed by atoms with Crippen molar-refractivity contribution in [3.63, 3.8) is 0 Å². The number of nitrogens with one attached hydrogen (secondary N) is 1. The van der Waals surface area contributed by atoms with E-state index in [0.29, 0.717) is 17.9 Å². The SMILES string of the molecule is O=S(=O)(Nc1cc2c(cn1)OCCC2)c1cccc2ccoc12. The summed E-state index contributed by atoms with van der Waals surface area (Å²) in [6.07, 6.45) is 4.78. The number of rotatable bonds is 3. The van der Waals surface area contributed by atoms with Gasteiger partial charge in [-0.1, -0.05) is 12.1 Å². The Balaban J connectivity index is 1.71. The molecule has 7 heteroatoms. The summed E-state index contributed by atoms with van der Waals surface area (Å²) in [6, 6.07) is 8.43. The van der Waals surface area contributed by atoms with Crippen molar-refractivity contribution < 1.29 is 17.6 Å². The average molecular weight is 330 g/mol. The van der Waals surface area contributed by atoms with Crippen molar-refractivity contribution in [3.05, 3.63) is 48.4 Å². The molecule has 0 saturated heterocycles. The number of aryl methyl sites for hydroxylation is 1. The maximum Gasteiger partial charge on any atom is 0.266 e. The third kappa shape index (κ3) is 2.53. The molecule has 0 bridgehead atoms. The lowest BCUT2D eigenvalue weighted by atomic mass is 10.1. The van der Waals surface area contributed by atoms with Gasteiger partial charge in [0.25, 0.3) is 10.0 Å². The second-order valence-corrected chi connectivity index (χ2v) is 6.98. The summed E-state index contributed by atoms with van der Waals surface area (Å²) in [5.74, 6) is 0.991. The summed E-state index contributed by atoms with van der Waals surface area (Å²) in [5.41, 5.74) is 1.29. The molecule has 2 aromatic heterocycles. The van der Waals surface area contributed by atoms with E-state index in [1.54, 1.807) is 30.5 Å². The summed E-state index contributed by atoms with van der Waals surface area (Å²) >= 11 is 0. The molecule has 1 N–H and O–H groups in total. The first-order valence-corrected chi connectivity index (χ1v) is 8.72. The Morgan fingerprint density at radius 2 is 2.13 bits per heavy atom. The molecule has 4 rings (SSSR count). The van der Waals surface area contributed by atoms with Gasteiger partial charge in [0.15, 0.2) is 5.58 Å². The lowest BCUT2D eigenvalue weighted by Crippen LogP contribution is -2.15. The zero-order chi connectivity index (χ0) is 15.9. The molecule has 118 valence electrons. The molecular formula is C16H14N2O4S. The average Bonchev–Trinajstić information content (AvgIpc) is 3.02. The number of pyridine rings is 1. The molecule has 0 radical (unpaired) electrons. The molecule has 0 atom stereocenters. The van der Waals surface area contributed by atoms with E-state index in [1.165, 1.54) is 12.3 Å². The summed E-state index contributed by atoms with van der Waals surface area (Å²) in [4.78, 5) is 4.22. The van der Waals surface area contributed by atoms with E-state index in [2.05, 4.69) is 9.71 Å². The minimum Gasteiger partial charge on any atom is -0.492 e. The number of sulfonamides is 1. The highest BCUT2D eigenvalue weighted by molar-refractivity contribution is 7.93. The molecule has 23 heavy (non-hydrogen) atoms. The fraction of sp³-hybridized carbons (Fsp3) is 0.188. The number of furan rings is 1. The monoisotopic (exact) mass is 330 g/mol. The van der Waals surface area contributed by atoms with Gasteiger partial charge in [0.05, 0.1) is 19.1 Å². The van der Waals surface area contributed by atoms with Gasteiger partial charge in [-0.15, -0.1) is 0 Å². The van der Waals surface area contributed by atoms with Crippen molar-refractivity contribution in [3.8, 4) is 5.75 Å². The lowest BCUT2D eigenvalue weighted by molar-refractivity contribution is 0.287. The summed E-state index contributed by atoms with van der Waals surface area (Å²) in [6.45, 7) is 0.667. The predicted molar refractivity (Wildman–Crippen MR) is 85.1 cm³/mol. The maximum atomic E-state index is 12.6. The Bertz CT molecular complexity index is 979. The second kappa shape index (κ2) is 5.27. The van der Waals surface area contributed by atoms with Gasteiger partial charge in [0.2, 0.25) is 0 Å². The van der Waals surface area contributed by atoms with E-state index >= 15 is 0 Å². The molecule has 3 heterocycles. The fourth-order valence-electron chi connectivity index (χ4n) is 2.68. The number of nitrogens with zero attached hydrogens (tertiary/aromatic N) is 1. The third-order valence-electron chi connectivity index (χ3n) is 3.77. The molecule has 1 aliphatic heterocycles. The van der Waals surface area contributed by atoms with E-state index in [4.69, 9.17) is 9.15 Å². The number of aromatic nitrogens is 1. The highest BCUT2D eigenvalue weighted by atomic mass is 32.2. The maximum absolute atomic E-state index is 12.6. The van der Waals surface area contributed by atoms with E-state index in [0.717, 1.165) is 23.8 Å². The number of hydrogen-bond acceptors (Lipinski definition) is 5. The van der Waals surface area contributed by atoms with Crippen LogP contribution in [0.4, 0.5) is 5.82 Å². The van der Waals surface area contributed by atoms with Gasteiger partial charge in [-0.05, 0) is 36.6 Å². The Labute approximate surface area is 133 Å². The van der Waals surface area contributed by atoms with Gasteiger partial charge >= 0.3 is 0 Å². The van der Waals surface area contributed by atoms with Crippen LogP contribution in [0.25, 0.3) is 11.0 Å². The van der Waals surface area contributed by atoms with Crippen LogP contribution in [0.1, 0.15) is 12.0 Å². The molecule has 0 fully saturated rings. The standard InChI is InChI=1S/C16H14N2O4S/c19-23(20,14-5-1-3-11-6-8-22-16(11)14)18-15-9-12-4-2-7-21-13(12)10-17-15/h1,3,5-6,8-10H,2,4,7H2,(H,17,18). The topological polar surface area (TPSA) is 81.4 Å². The molecule has 6 nitrogen and oxygen atoms in total. The second-order valence-electron chi connectivity index (χ2n) is 5.33. The van der Waals surface area contributed by atoms with Gasteiger partial charge in [-0.2, -0.15) is 0 Å².